The number of hydrogen-bond acceptors (Lipinski definition) is 5. The SMILES string of the molecule is COc1cc2c(cc1N(N(C)Cc1ccc(F)cc1)S(=O)(=O)c1ccccc1)CCN(C)CC2. The third kappa shape index (κ3) is 5.09. The van der Waals surface area contributed by atoms with Crippen LogP contribution in [0.4, 0.5) is 10.1 Å². The molecule has 6 nitrogen and oxygen atoms in total. The van der Waals surface area contributed by atoms with Crippen molar-refractivity contribution in [3.8, 4) is 5.75 Å². The minimum Gasteiger partial charge on any atom is -0.494 e. The molecule has 1 aliphatic rings. The van der Waals surface area contributed by atoms with Crippen molar-refractivity contribution < 1.29 is 17.5 Å². The van der Waals surface area contributed by atoms with Gasteiger partial charge in [0.1, 0.15) is 17.3 Å². The number of hydrazine groups is 1. The molecule has 0 aliphatic carbocycles. The predicted molar refractivity (Wildman–Crippen MR) is 132 cm³/mol. The van der Waals surface area contributed by atoms with Gasteiger partial charge in [-0.05, 0) is 73.0 Å². The first-order chi connectivity index (χ1) is 16.3. The van der Waals surface area contributed by atoms with Gasteiger partial charge in [-0.1, -0.05) is 30.3 Å². The Balaban J connectivity index is 1.83. The quantitative estimate of drug-likeness (QED) is 0.474. The van der Waals surface area contributed by atoms with E-state index in [1.165, 1.54) is 22.1 Å². The fourth-order valence-electron chi connectivity index (χ4n) is 4.27. The van der Waals surface area contributed by atoms with E-state index in [4.69, 9.17) is 4.74 Å². The number of sulfonamides is 1. The van der Waals surface area contributed by atoms with Gasteiger partial charge in [0, 0.05) is 26.7 Å². The molecule has 34 heavy (non-hydrogen) atoms. The average molecular weight is 484 g/mol. The average Bonchev–Trinajstić information content (AvgIpc) is 3.01. The Labute approximate surface area is 201 Å². The number of nitrogens with zero attached hydrogens (tertiary/aromatic N) is 3. The number of hydrogen-bond donors (Lipinski definition) is 0. The first kappa shape index (κ1) is 24.2. The fourth-order valence-corrected chi connectivity index (χ4v) is 5.80. The second-order valence-corrected chi connectivity index (χ2v) is 10.4. The summed E-state index contributed by atoms with van der Waals surface area (Å²) < 4.78 is 48.3. The Hall–Kier alpha value is -2.94. The van der Waals surface area contributed by atoms with Crippen molar-refractivity contribution in [1.29, 1.82) is 0 Å². The summed E-state index contributed by atoms with van der Waals surface area (Å²) in [4.78, 5) is 2.45. The first-order valence-corrected chi connectivity index (χ1v) is 12.7. The molecule has 1 heterocycles. The van der Waals surface area contributed by atoms with Crippen molar-refractivity contribution in [1.82, 2.24) is 9.91 Å². The topological polar surface area (TPSA) is 53.1 Å². The molecule has 8 heteroatoms. The molecule has 3 aromatic carbocycles. The van der Waals surface area contributed by atoms with Gasteiger partial charge < -0.3 is 9.64 Å². The van der Waals surface area contributed by atoms with E-state index in [2.05, 4.69) is 11.9 Å². The molecule has 0 unspecified atom stereocenters. The smallest absolute Gasteiger partial charge is 0.278 e. The van der Waals surface area contributed by atoms with E-state index in [9.17, 15) is 12.8 Å². The Morgan fingerprint density at radius 2 is 1.59 bits per heavy atom. The standard InChI is InChI=1S/C26H30FN3O3S/c1-28-15-13-21-17-25(26(33-3)18-22(21)14-16-28)30(34(31,32)24-7-5-4-6-8-24)29(2)19-20-9-11-23(27)12-10-20/h4-12,17-18H,13-16,19H2,1-3H3. The number of anilines is 1. The third-order valence-electron chi connectivity index (χ3n) is 6.14. The van der Waals surface area contributed by atoms with Gasteiger partial charge in [-0.15, -0.1) is 0 Å². The molecule has 0 amide bonds. The zero-order valence-electron chi connectivity index (χ0n) is 19.7. The van der Waals surface area contributed by atoms with Crippen LogP contribution in [0, 0.1) is 5.82 Å². The number of ether oxygens (including phenoxy) is 1. The Bertz CT molecular complexity index is 1230. The van der Waals surface area contributed by atoms with Crippen molar-refractivity contribution >= 4 is 15.7 Å². The monoisotopic (exact) mass is 483 g/mol. The highest BCUT2D eigenvalue weighted by atomic mass is 32.2. The number of halogens is 1. The van der Waals surface area contributed by atoms with Crippen LogP contribution in [-0.2, 0) is 29.4 Å². The molecule has 0 aromatic heterocycles. The lowest BCUT2D eigenvalue weighted by atomic mass is 10.0. The summed E-state index contributed by atoms with van der Waals surface area (Å²) >= 11 is 0. The van der Waals surface area contributed by atoms with Crippen LogP contribution in [0.15, 0.2) is 71.6 Å². The molecule has 1 aliphatic heterocycles. The summed E-state index contributed by atoms with van der Waals surface area (Å²) in [5.41, 5.74) is 3.53. The summed E-state index contributed by atoms with van der Waals surface area (Å²) in [5.74, 6) is 0.159. The Kier molecular flexibility index (Phi) is 7.21. The number of benzene rings is 3. The van der Waals surface area contributed by atoms with Crippen LogP contribution >= 0.6 is 0 Å². The van der Waals surface area contributed by atoms with Crippen molar-refractivity contribution in [3.63, 3.8) is 0 Å². The molecule has 0 atom stereocenters. The molecule has 0 bridgehead atoms. The molecule has 0 spiro atoms. The van der Waals surface area contributed by atoms with Crippen LogP contribution < -0.4 is 9.15 Å². The highest BCUT2D eigenvalue weighted by Gasteiger charge is 2.32. The molecule has 0 N–H and O–H groups in total. The molecular weight excluding hydrogens is 453 g/mol. The molecule has 0 fully saturated rings. The maximum Gasteiger partial charge on any atom is 0.278 e. The van der Waals surface area contributed by atoms with E-state index in [1.807, 2.05) is 12.1 Å². The van der Waals surface area contributed by atoms with Crippen molar-refractivity contribution in [2.24, 2.45) is 0 Å². The zero-order valence-corrected chi connectivity index (χ0v) is 20.6. The van der Waals surface area contributed by atoms with Gasteiger partial charge in [0.2, 0.25) is 0 Å². The minimum absolute atomic E-state index is 0.178. The van der Waals surface area contributed by atoms with Crippen LogP contribution in [0.2, 0.25) is 0 Å². The van der Waals surface area contributed by atoms with Gasteiger partial charge in [0.25, 0.3) is 10.0 Å². The van der Waals surface area contributed by atoms with Crippen LogP contribution in [0.3, 0.4) is 0 Å². The van der Waals surface area contributed by atoms with Gasteiger partial charge in [0.05, 0.1) is 12.0 Å². The van der Waals surface area contributed by atoms with E-state index in [1.54, 1.807) is 61.6 Å². The maximum absolute atomic E-state index is 13.9. The highest BCUT2D eigenvalue weighted by Crippen LogP contribution is 2.37. The van der Waals surface area contributed by atoms with Gasteiger partial charge in [-0.3, -0.25) is 0 Å². The summed E-state index contributed by atoms with van der Waals surface area (Å²) in [6, 6.07) is 18.3. The van der Waals surface area contributed by atoms with Gasteiger partial charge in [-0.25, -0.2) is 9.40 Å². The van der Waals surface area contributed by atoms with Crippen LogP contribution in [0.5, 0.6) is 5.75 Å². The molecule has 0 saturated carbocycles. The minimum atomic E-state index is -3.97. The molecule has 180 valence electrons. The lowest BCUT2D eigenvalue weighted by molar-refractivity contribution is 0.336. The molecule has 0 saturated heterocycles. The fraction of sp³-hybridized carbons (Fsp3) is 0.308. The predicted octanol–water partition coefficient (Wildman–Crippen LogP) is 4.11. The molecule has 0 radical (unpaired) electrons. The second-order valence-electron chi connectivity index (χ2n) is 8.60. The van der Waals surface area contributed by atoms with E-state index in [0.29, 0.717) is 11.4 Å². The lowest BCUT2D eigenvalue weighted by Gasteiger charge is -2.34. The van der Waals surface area contributed by atoms with Gasteiger partial charge in [-0.2, -0.15) is 12.8 Å². The number of methoxy groups -OCH3 is 1. The van der Waals surface area contributed by atoms with Crippen LogP contribution in [-0.4, -0.2) is 52.6 Å². The summed E-state index contributed by atoms with van der Waals surface area (Å²) in [5, 5.41) is 1.63. The first-order valence-electron chi connectivity index (χ1n) is 11.2. The lowest BCUT2D eigenvalue weighted by Crippen LogP contribution is -2.44. The van der Waals surface area contributed by atoms with E-state index < -0.39 is 10.0 Å². The maximum atomic E-state index is 13.9. The van der Waals surface area contributed by atoms with Crippen molar-refractivity contribution in [3.05, 3.63) is 89.2 Å². The largest absolute Gasteiger partial charge is 0.494 e. The van der Waals surface area contributed by atoms with Crippen LogP contribution in [0.1, 0.15) is 16.7 Å². The molecule has 4 rings (SSSR count). The van der Waals surface area contributed by atoms with Crippen molar-refractivity contribution in [2.45, 2.75) is 24.3 Å². The van der Waals surface area contributed by atoms with Gasteiger partial charge >= 0.3 is 0 Å². The number of rotatable bonds is 7. The number of likely N-dealkylation sites (N-methyl/N-ethyl adjacent to an activating group) is 1. The van der Waals surface area contributed by atoms with E-state index in [-0.39, 0.29) is 17.3 Å². The van der Waals surface area contributed by atoms with Crippen molar-refractivity contribution in [2.75, 3.05) is 38.7 Å². The Morgan fingerprint density at radius 1 is 0.971 bits per heavy atom. The normalized spacial score (nSPS) is 14.5. The summed E-state index contributed by atoms with van der Waals surface area (Å²) in [7, 11) is 1.39. The van der Waals surface area contributed by atoms with Gasteiger partial charge in [0.15, 0.2) is 0 Å². The number of fused-ring (bicyclic) bond motifs is 1. The highest BCUT2D eigenvalue weighted by molar-refractivity contribution is 7.92. The summed E-state index contributed by atoms with van der Waals surface area (Å²) in [6.07, 6.45) is 1.70. The zero-order chi connectivity index (χ0) is 24.3. The Morgan fingerprint density at radius 3 is 2.21 bits per heavy atom. The third-order valence-corrected chi connectivity index (χ3v) is 7.94. The van der Waals surface area contributed by atoms with E-state index >= 15 is 0 Å². The summed E-state index contributed by atoms with van der Waals surface area (Å²) in [6.45, 7) is 2.09. The van der Waals surface area contributed by atoms with E-state index in [0.717, 1.165) is 37.1 Å². The molecular formula is C26H30FN3O3S. The van der Waals surface area contributed by atoms with Crippen LogP contribution in [0.25, 0.3) is 0 Å². The molecule has 3 aromatic rings. The second kappa shape index (κ2) is 10.1.